The molecule has 1 atom stereocenters. The summed E-state index contributed by atoms with van der Waals surface area (Å²) in [5.41, 5.74) is 0.690. The first-order valence-electron chi connectivity index (χ1n) is 4.99. The van der Waals surface area contributed by atoms with Gasteiger partial charge in [0.15, 0.2) is 10.3 Å². The third kappa shape index (κ3) is 3.28. The van der Waals surface area contributed by atoms with E-state index in [2.05, 4.69) is 27.4 Å². The average Bonchev–Trinajstić information content (AvgIpc) is 2.83. The second-order valence-electron chi connectivity index (χ2n) is 3.52. The lowest BCUT2D eigenvalue weighted by Crippen LogP contribution is -2.10. The molecule has 0 aliphatic carbocycles. The SMILES string of the molecule is CC(CNc1cc(Cl)nnc1Cl)c1nccs1. The number of halogens is 2. The van der Waals surface area contributed by atoms with E-state index < -0.39 is 0 Å². The summed E-state index contributed by atoms with van der Waals surface area (Å²) >= 11 is 13.3. The molecule has 0 bridgehead atoms. The van der Waals surface area contributed by atoms with Gasteiger partial charge in [0.1, 0.15) is 0 Å². The quantitative estimate of drug-likeness (QED) is 0.936. The lowest BCUT2D eigenvalue weighted by molar-refractivity contribution is 0.794. The van der Waals surface area contributed by atoms with Gasteiger partial charge in [0, 0.05) is 30.1 Å². The molecule has 4 nitrogen and oxygen atoms in total. The molecule has 1 unspecified atom stereocenters. The standard InChI is InChI=1S/C10H10Cl2N4S/c1-6(10-13-2-3-17-10)5-14-7-4-8(11)15-16-9(7)12/h2-4,6H,5H2,1H3,(H,14,15). The smallest absolute Gasteiger partial charge is 0.174 e. The topological polar surface area (TPSA) is 50.7 Å². The van der Waals surface area contributed by atoms with E-state index in [0.717, 1.165) is 11.6 Å². The predicted molar refractivity (Wildman–Crippen MR) is 71.1 cm³/mol. The maximum atomic E-state index is 5.90. The fourth-order valence-electron chi connectivity index (χ4n) is 1.31. The number of nitrogens with one attached hydrogen (secondary N) is 1. The summed E-state index contributed by atoms with van der Waals surface area (Å²) in [7, 11) is 0. The number of hydrogen-bond acceptors (Lipinski definition) is 5. The molecule has 90 valence electrons. The van der Waals surface area contributed by atoms with E-state index in [9.17, 15) is 0 Å². The largest absolute Gasteiger partial charge is 0.382 e. The molecule has 0 aliphatic heterocycles. The summed E-state index contributed by atoms with van der Waals surface area (Å²) in [4.78, 5) is 4.26. The van der Waals surface area contributed by atoms with Gasteiger partial charge >= 0.3 is 0 Å². The first kappa shape index (κ1) is 12.5. The van der Waals surface area contributed by atoms with E-state index in [1.807, 2.05) is 5.38 Å². The normalized spacial score (nSPS) is 12.4. The molecular formula is C10H10Cl2N4S. The highest BCUT2D eigenvalue weighted by atomic mass is 35.5. The van der Waals surface area contributed by atoms with Crippen molar-refractivity contribution >= 4 is 40.2 Å². The number of rotatable bonds is 4. The third-order valence-electron chi connectivity index (χ3n) is 2.19. The van der Waals surface area contributed by atoms with Crippen LogP contribution in [0.25, 0.3) is 0 Å². The van der Waals surface area contributed by atoms with Gasteiger partial charge in [0.25, 0.3) is 0 Å². The van der Waals surface area contributed by atoms with Crippen LogP contribution >= 0.6 is 34.5 Å². The lowest BCUT2D eigenvalue weighted by atomic mass is 10.2. The monoisotopic (exact) mass is 288 g/mol. The Hall–Kier alpha value is -0.910. The molecule has 2 rings (SSSR count). The van der Waals surface area contributed by atoms with Crippen molar-refractivity contribution in [2.75, 3.05) is 11.9 Å². The third-order valence-corrected chi connectivity index (χ3v) is 3.66. The zero-order valence-corrected chi connectivity index (χ0v) is 11.4. The molecule has 7 heteroatoms. The predicted octanol–water partition coefficient (Wildman–Crippen LogP) is 3.46. The van der Waals surface area contributed by atoms with Gasteiger partial charge in [-0.25, -0.2) is 4.98 Å². The number of anilines is 1. The fourth-order valence-corrected chi connectivity index (χ4v) is 2.31. The van der Waals surface area contributed by atoms with Crippen LogP contribution in [0.3, 0.4) is 0 Å². The Morgan fingerprint density at radius 3 is 2.94 bits per heavy atom. The van der Waals surface area contributed by atoms with Crippen LogP contribution < -0.4 is 5.32 Å². The average molecular weight is 289 g/mol. The summed E-state index contributed by atoms with van der Waals surface area (Å²) in [6.07, 6.45) is 1.80. The highest BCUT2D eigenvalue weighted by molar-refractivity contribution is 7.09. The second kappa shape index (κ2) is 5.62. The molecule has 0 aliphatic rings. The maximum Gasteiger partial charge on any atom is 0.174 e. The van der Waals surface area contributed by atoms with Crippen LogP contribution in [0.2, 0.25) is 10.3 Å². The molecule has 2 heterocycles. The Morgan fingerprint density at radius 2 is 2.24 bits per heavy atom. The maximum absolute atomic E-state index is 5.90. The summed E-state index contributed by atoms with van der Waals surface area (Å²) in [6.45, 7) is 2.81. The summed E-state index contributed by atoms with van der Waals surface area (Å²) in [5, 5.41) is 14.3. The van der Waals surface area contributed by atoms with Gasteiger partial charge in [-0.1, -0.05) is 30.1 Å². The van der Waals surface area contributed by atoms with Crippen molar-refractivity contribution in [2.45, 2.75) is 12.8 Å². The molecule has 0 amide bonds. The second-order valence-corrected chi connectivity index (χ2v) is 5.20. The van der Waals surface area contributed by atoms with Crippen molar-refractivity contribution in [3.63, 3.8) is 0 Å². The van der Waals surface area contributed by atoms with Crippen molar-refractivity contribution in [3.8, 4) is 0 Å². The van der Waals surface area contributed by atoms with Gasteiger partial charge in [-0.3, -0.25) is 0 Å². The highest BCUT2D eigenvalue weighted by Crippen LogP contribution is 2.23. The Labute approximate surface area is 113 Å². The first-order valence-corrected chi connectivity index (χ1v) is 6.62. The van der Waals surface area contributed by atoms with E-state index in [1.54, 1.807) is 23.6 Å². The number of aromatic nitrogens is 3. The van der Waals surface area contributed by atoms with Crippen LogP contribution in [-0.2, 0) is 0 Å². The van der Waals surface area contributed by atoms with Crippen molar-refractivity contribution in [3.05, 3.63) is 33.0 Å². The van der Waals surface area contributed by atoms with Gasteiger partial charge in [0.05, 0.1) is 10.7 Å². The molecule has 0 spiro atoms. The van der Waals surface area contributed by atoms with Gasteiger partial charge in [-0.2, -0.15) is 0 Å². The first-order chi connectivity index (χ1) is 8.16. The van der Waals surface area contributed by atoms with Crippen molar-refractivity contribution in [1.29, 1.82) is 0 Å². The van der Waals surface area contributed by atoms with Crippen molar-refractivity contribution in [1.82, 2.24) is 15.2 Å². The minimum absolute atomic E-state index is 0.304. The number of thiazole rings is 1. The summed E-state index contributed by atoms with van der Waals surface area (Å²) < 4.78 is 0. The van der Waals surface area contributed by atoms with E-state index in [-0.39, 0.29) is 0 Å². The van der Waals surface area contributed by atoms with Crippen LogP contribution in [0.5, 0.6) is 0 Å². The van der Waals surface area contributed by atoms with Gasteiger partial charge in [0.2, 0.25) is 0 Å². The Balaban J connectivity index is 2.00. The van der Waals surface area contributed by atoms with E-state index in [0.29, 0.717) is 21.9 Å². The Morgan fingerprint density at radius 1 is 1.41 bits per heavy atom. The molecule has 17 heavy (non-hydrogen) atoms. The van der Waals surface area contributed by atoms with Crippen LogP contribution in [0, 0.1) is 0 Å². The molecule has 2 aromatic rings. The van der Waals surface area contributed by atoms with Crippen molar-refractivity contribution < 1.29 is 0 Å². The van der Waals surface area contributed by atoms with Gasteiger partial charge in [-0.05, 0) is 0 Å². The van der Waals surface area contributed by atoms with Crippen LogP contribution in [-0.4, -0.2) is 21.7 Å². The van der Waals surface area contributed by atoms with Gasteiger partial charge in [-0.15, -0.1) is 21.5 Å². The fraction of sp³-hybridized carbons (Fsp3) is 0.300. The molecule has 0 fully saturated rings. The number of hydrogen-bond donors (Lipinski definition) is 1. The van der Waals surface area contributed by atoms with Crippen LogP contribution in [0.15, 0.2) is 17.6 Å². The van der Waals surface area contributed by atoms with E-state index >= 15 is 0 Å². The lowest BCUT2D eigenvalue weighted by Gasteiger charge is -2.11. The highest BCUT2D eigenvalue weighted by Gasteiger charge is 2.10. The van der Waals surface area contributed by atoms with Crippen molar-refractivity contribution in [2.24, 2.45) is 0 Å². The zero-order valence-electron chi connectivity index (χ0n) is 9.02. The van der Waals surface area contributed by atoms with E-state index in [4.69, 9.17) is 23.2 Å². The zero-order chi connectivity index (χ0) is 12.3. The minimum Gasteiger partial charge on any atom is -0.382 e. The molecular weight excluding hydrogens is 279 g/mol. The Kier molecular flexibility index (Phi) is 4.15. The van der Waals surface area contributed by atoms with Crippen LogP contribution in [0.1, 0.15) is 17.8 Å². The molecule has 0 saturated heterocycles. The van der Waals surface area contributed by atoms with Crippen LogP contribution in [0.4, 0.5) is 5.69 Å². The van der Waals surface area contributed by atoms with E-state index in [1.165, 1.54) is 0 Å². The number of nitrogens with zero attached hydrogens (tertiary/aromatic N) is 3. The molecule has 0 saturated carbocycles. The molecule has 1 N–H and O–H groups in total. The summed E-state index contributed by atoms with van der Waals surface area (Å²) in [5.74, 6) is 0.304. The molecule has 0 aromatic carbocycles. The Bertz CT molecular complexity index is 489. The van der Waals surface area contributed by atoms with Gasteiger partial charge < -0.3 is 5.32 Å². The summed E-state index contributed by atoms with van der Waals surface area (Å²) in [6, 6.07) is 1.66. The molecule has 0 radical (unpaired) electrons. The minimum atomic E-state index is 0.304. The molecule has 2 aromatic heterocycles.